The van der Waals surface area contributed by atoms with Gasteiger partial charge < -0.3 is 10.6 Å². The molecule has 1 aromatic rings. The normalized spacial score (nSPS) is 17.3. The summed E-state index contributed by atoms with van der Waals surface area (Å²) >= 11 is 0. The average molecular weight is 334 g/mol. The Labute approximate surface area is 131 Å². The van der Waals surface area contributed by atoms with E-state index in [9.17, 15) is 13.2 Å². The molecule has 0 saturated carbocycles. The highest BCUT2D eigenvalue weighted by Gasteiger charge is 2.30. The smallest absolute Gasteiger partial charge is 0.240 e. The van der Waals surface area contributed by atoms with E-state index in [0.29, 0.717) is 6.42 Å². The van der Waals surface area contributed by atoms with Crippen molar-refractivity contribution < 1.29 is 13.2 Å². The van der Waals surface area contributed by atoms with Gasteiger partial charge in [-0.3, -0.25) is 4.79 Å². The van der Waals surface area contributed by atoms with Crippen molar-refractivity contribution in [2.75, 3.05) is 18.0 Å². The topological polar surface area (TPSA) is 92.5 Å². The van der Waals surface area contributed by atoms with E-state index in [1.165, 1.54) is 13.0 Å². The molecule has 0 fully saturated rings. The molecule has 0 saturated heterocycles. The molecule has 6 nitrogen and oxygen atoms in total. The number of nitrogens with zero attached hydrogens (tertiary/aromatic N) is 1. The van der Waals surface area contributed by atoms with E-state index in [0.717, 1.165) is 11.3 Å². The van der Waals surface area contributed by atoms with Crippen LogP contribution in [0.5, 0.6) is 0 Å². The van der Waals surface area contributed by atoms with Gasteiger partial charge in [0.1, 0.15) is 0 Å². The number of hydrogen-bond donors (Lipinski definition) is 2. The molecule has 1 amide bonds. The third-order valence-corrected chi connectivity index (χ3v) is 4.81. The number of hydrogen-bond acceptors (Lipinski definition) is 4. The van der Waals surface area contributed by atoms with Crippen LogP contribution in [0.3, 0.4) is 0 Å². The third-order valence-electron chi connectivity index (χ3n) is 3.35. The first-order valence-electron chi connectivity index (χ1n) is 6.49. The molecular formula is C13H20ClN3O3S. The van der Waals surface area contributed by atoms with Crippen LogP contribution in [0.2, 0.25) is 0 Å². The molecule has 0 spiro atoms. The fraction of sp³-hybridized carbons (Fsp3) is 0.462. The molecule has 1 aromatic carbocycles. The lowest BCUT2D eigenvalue weighted by Gasteiger charge is -2.20. The number of halogens is 1. The van der Waals surface area contributed by atoms with Crippen molar-refractivity contribution in [3.8, 4) is 0 Å². The zero-order valence-electron chi connectivity index (χ0n) is 12.0. The number of fused-ring (bicyclic) bond motifs is 1. The number of amides is 1. The fourth-order valence-corrected chi connectivity index (χ4v) is 3.63. The van der Waals surface area contributed by atoms with E-state index >= 15 is 0 Å². The second-order valence-electron chi connectivity index (χ2n) is 4.92. The zero-order chi connectivity index (χ0) is 14.9. The maximum atomic E-state index is 12.0. The van der Waals surface area contributed by atoms with Gasteiger partial charge in [0.15, 0.2) is 0 Å². The van der Waals surface area contributed by atoms with Crippen LogP contribution < -0.4 is 15.4 Å². The van der Waals surface area contributed by atoms with Crippen molar-refractivity contribution in [2.45, 2.75) is 31.2 Å². The highest BCUT2D eigenvalue weighted by atomic mass is 35.5. The quantitative estimate of drug-likeness (QED) is 0.845. The summed E-state index contributed by atoms with van der Waals surface area (Å²) in [5, 5.41) is 0. The Morgan fingerprint density at radius 3 is 2.71 bits per heavy atom. The van der Waals surface area contributed by atoms with Crippen LogP contribution in [0.4, 0.5) is 5.69 Å². The molecule has 0 aliphatic carbocycles. The van der Waals surface area contributed by atoms with Crippen LogP contribution in [0.15, 0.2) is 23.1 Å². The molecule has 1 atom stereocenters. The number of anilines is 1. The predicted molar refractivity (Wildman–Crippen MR) is 84.3 cm³/mol. The second-order valence-corrected chi connectivity index (χ2v) is 6.69. The van der Waals surface area contributed by atoms with Gasteiger partial charge in [0.25, 0.3) is 0 Å². The molecular weight excluding hydrogens is 314 g/mol. The zero-order valence-corrected chi connectivity index (χ0v) is 13.6. The SMILES string of the molecule is CC(=O)N1c2ccc(S(=O)(=O)NCCN)cc2CC1C.Cl. The minimum Gasteiger partial charge on any atom is -0.329 e. The molecule has 0 bridgehead atoms. The van der Waals surface area contributed by atoms with Crippen LogP contribution in [0.1, 0.15) is 19.4 Å². The van der Waals surface area contributed by atoms with Crippen molar-refractivity contribution >= 4 is 34.0 Å². The predicted octanol–water partition coefficient (Wildman–Crippen LogP) is 0.643. The summed E-state index contributed by atoms with van der Waals surface area (Å²) in [5.41, 5.74) is 6.97. The van der Waals surface area contributed by atoms with Gasteiger partial charge >= 0.3 is 0 Å². The molecule has 0 radical (unpaired) electrons. The summed E-state index contributed by atoms with van der Waals surface area (Å²) in [6.07, 6.45) is 0.662. The molecule has 1 unspecified atom stereocenters. The van der Waals surface area contributed by atoms with Crippen LogP contribution in [0.25, 0.3) is 0 Å². The number of nitrogens with one attached hydrogen (secondary N) is 1. The summed E-state index contributed by atoms with van der Waals surface area (Å²) in [5.74, 6) is -0.0342. The van der Waals surface area contributed by atoms with Crippen molar-refractivity contribution in [1.29, 1.82) is 0 Å². The molecule has 1 aliphatic heterocycles. The van der Waals surface area contributed by atoms with E-state index in [4.69, 9.17) is 5.73 Å². The van der Waals surface area contributed by atoms with E-state index < -0.39 is 10.0 Å². The molecule has 1 heterocycles. The van der Waals surface area contributed by atoms with E-state index in [1.54, 1.807) is 17.0 Å². The van der Waals surface area contributed by atoms with Crippen LogP contribution >= 0.6 is 12.4 Å². The lowest BCUT2D eigenvalue weighted by molar-refractivity contribution is -0.116. The fourth-order valence-electron chi connectivity index (χ4n) is 2.53. The molecule has 1 aliphatic rings. The van der Waals surface area contributed by atoms with Crippen LogP contribution in [-0.2, 0) is 21.2 Å². The first kappa shape index (κ1) is 17.9. The van der Waals surface area contributed by atoms with Crippen molar-refractivity contribution in [3.63, 3.8) is 0 Å². The van der Waals surface area contributed by atoms with Crippen molar-refractivity contribution in [1.82, 2.24) is 4.72 Å². The third kappa shape index (κ3) is 3.55. The van der Waals surface area contributed by atoms with Gasteiger partial charge in [-0.15, -0.1) is 12.4 Å². The molecule has 2 rings (SSSR count). The minimum atomic E-state index is -3.53. The van der Waals surface area contributed by atoms with Gasteiger partial charge in [-0.2, -0.15) is 0 Å². The van der Waals surface area contributed by atoms with Gasteiger partial charge in [0.05, 0.1) is 4.90 Å². The Balaban J connectivity index is 0.00000220. The number of sulfonamides is 1. The van der Waals surface area contributed by atoms with Gasteiger partial charge in [-0.1, -0.05) is 0 Å². The summed E-state index contributed by atoms with van der Waals surface area (Å²) in [6, 6.07) is 4.90. The van der Waals surface area contributed by atoms with Gasteiger partial charge in [-0.25, -0.2) is 13.1 Å². The van der Waals surface area contributed by atoms with Crippen molar-refractivity contribution in [2.24, 2.45) is 5.73 Å². The number of carbonyl (C=O) groups excluding carboxylic acids is 1. The Morgan fingerprint density at radius 1 is 1.48 bits per heavy atom. The monoisotopic (exact) mass is 333 g/mol. The average Bonchev–Trinajstić information content (AvgIpc) is 2.71. The molecule has 3 N–H and O–H groups in total. The van der Waals surface area contributed by atoms with E-state index in [1.807, 2.05) is 6.92 Å². The summed E-state index contributed by atoms with van der Waals surface area (Å²) in [7, 11) is -3.53. The summed E-state index contributed by atoms with van der Waals surface area (Å²) in [4.78, 5) is 13.5. The molecule has 21 heavy (non-hydrogen) atoms. The summed E-state index contributed by atoms with van der Waals surface area (Å²) in [6.45, 7) is 3.91. The van der Waals surface area contributed by atoms with E-state index in [-0.39, 0.29) is 42.3 Å². The lowest BCUT2D eigenvalue weighted by Crippen LogP contribution is -2.33. The molecule has 8 heteroatoms. The highest BCUT2D eigenvalue weighted by molar-refractivity contribution is 7.89. The van der Waals surface area contributed by atoms with Crippen LogP contribution in [-0.4, -0.2) is 33.5 Å². The Kier molecular flexibility index (Phi) is 5.75. The maximum Gasteiger partial charge on any atom is 0.240 e. The maximum absolute atomic E-state index is 12.0. The van der Waals surface area contributed by atoms with Gasteiger partial charge in [-0.05, 0) is 37.1 Å². The second kappa shape index (κ2) is 6.74. The summed E-state index contributed by atoms with van der Waals surface area (Å²) < 4.78 is 26.5. The number of benzene rings is 1. The largest absolute Gasteiger partial charge is 0.329 e. The first-order chi connectivity index (χ1) is 9.36. The number of nitrogens with two attached hydrogens (primary N) is 1. The Morgan fingerprint density at radius 2 is 2.14 bits per heavy atom. The standard InChI is InChI=1S/C13H19N3O3S.ClH/c1-9-7-11-8-12(20(18,19)15-6-5-14)3-4-13(11)16(9)10(2)17;/h3-4,8-9,15H,5-7,14H2,1-2H3;1H. The lowest BCUT2D eigenvalue weighted by atomic mass is 10.1. The molecule has 0 aromatic heterocycles. The van der Waals surface area contributed by atoms with Gasteiger partial charge in [0.2, 0.25) is 15.9 Å². The molecule has 118 valence electrons. The number of carbonyl (C=O) groups is 1. The minimum absolute atomic E-state index is 0. The van der Waals surface area contributed by atoms with Crippen LogP contribution in [0, 0.1) is 0 Å². The van der Waals surface area contributed by atoms with E-state index in [2.05, 4.69) is 4.72 Å². The number of rotatable bonds is 4. The first-order valence-corrected chi connectivity index (χ1v) is 7.97. The van der Waals surface area contributed by atoms with Gasteiger partial charge in [0, 0.05) is 31.7 Å². The van der Waals surface area contributed by atoms with Crippen molar-refractivity contribution in [3.05, 3.63) is 23.8 Å². The highest BCUT2D eigenvalue weighted by Crippen LogP contribution is 2.33. The Bertz CT molecular complexity index is 634. The Hall–Kier alpha value is -1.15.